The number of thiol groups is 1. The van der Waals surface area contributed by atoms with Crippen molar-refractivity contribution in [1.82, 2.24) is 0 Å². The lowest BCUT2D eigenvalue weighted by Crippen LogP contribution is -1.86. The average Bonchev–Trinajstić information content (AvgIpc) is 1.58. The normalized spacial score (nSPS) is 9.91. The molecule has 0 fully saturated rings. The van der Waals surface area contributed by atoms with Crippen LogP contribution in [0.2, 0.25) is 0 Å². The molecule has 0 unspecified atom stereocenters. The minimum Gasteiger partial charge on any atom is -0.324 e. The van der Waals surface area contributed by atoms with Crippen molar-refractivity contribution in [3.05, 3.63) is 0 Å². The fourth-order valence-electron chi connectivity index (χ4n) is 0.130. The van der Waals surface area contributed by atoms with Crippen LogP contribution in [0.4, 0.5) is 0 Å². The van der Waals surface area contributed by atoms with Crippen LogP contribution in [0.3, 0.4) is 0 Å². The molecule has 0 saturated carbocycles. The molecule has 0 aromatic rings. The molecule has 0 heterocycles. The second-order valence-corrected chi connectivity index (χ2v) is 4.09. The molecule has 6 nitrogen and oxygen atoms in total. The number of hydrogen-bond acceptors (Lipinski definition) is 3. The van der Waals surface area contributed by atoms with E-state index in [2.05, 4.69) is 12.6 Å². The van der Waals surface area contributed by atoms with Crippen molar-refractivity contribution < 1.29 is 28.7 Å². The van der Waals surface area contributed by atoms with Gasteiger partial charge in [-0.15, -0.1) is 9.79 Å². The van der Waals surface area contributed by atoms with Gasteiger partial charge in [0.05, 0.1) is 6.16 Å². The van der Waals surface area contributed by atoms with Crippen LogP contribution < -0.4 is 0 Å². The minimum atomic E-state index is -3.74. The van der Waals surface area contributed by atoms with E-state index in [1.54, 1.807) is 0 Å². The summed E-state index contributed by atoms with van der Waals surface area (Å²) in [4.78, 5) is 30.4. The van der Waals surface area contributed by atoms with Gasteiger partial charge in [-0.05, 0) is 0 Å². The highest BCUT2D eigenvalue weighted by Crippen LogP contribution is 2.33. The van der Waals surface area contributed by atoms with Gasteiger partial charge in [0, 0.05) is 10.3 Å². The van der Waals surface area contributed by atoms with Crippen molar-refractivity contribution in [2.75, 3.05) is 11.9 Å². The smallest absolute Gasteiger partial charge is 0.324 e. The Hall–Kier alpha value is 0.520. The van der Waals surface area contributed by atoms with Gasteiger partial charge in [0.25, 0.3) is 0 Å². The molecule has 0 radical (unpaired) electrons. The van der Waals surface area contributed by atoms with Crippen molar-refractivity contribution in [3.63, 3.8) is 0 Å². The molecule has 0 aromatic heterocycles. The molecule has 0 aromatic carbocycles. The van der Waals surface area contributed by atoms with Gasteiger partial charge in [-0.2, -0.15) is 12.6 Å². The monoisotopic (exact) mass is 223 g/mol. The second-order valence-electron chi connectivity index (χ2n) is 1.36. The molecule has 0 aliphatic carbocycles. The molecule has 0 bridgehead atoms. The van der Waals surface area contributed by atoms with Crippen LogP contribution >= 0.6 is 28.5 Å². The Morgan fingerprint density at radius 2 is 1.64 bits per heavy atom. The lowest BCUT2D eigenvalue weighted by atomic mass is 11.0. The Morgan fingerprint density at radius 1 is 1.36 bits per heavy atom. The highest BCUT2D eigenvalue weighted by Gasteiger charge is 2.08. The Labute approximate surface area is 69.8 Å². The Kier molecular flexibility index (Phi) is 9.19. The molecule has 0 aliphatic heterocycles. The highest BCUT2D eigenvalue weighted by molar-refractivity contribution is 7.80. The van der Waals surface area contributed by atoms with Gasteiger partial charge < -0.3 is 9.79 Å². The molecule has 0 atom stereocenters. The summed E-state index contributed by atoms with van der Waals surface area (Å²) < 4.78 is 18.6. The minimum absolute atomic E-state index is 0.129. The van der Waals surface area contributed by atoms with Crippen LogP contribution in [-0.4, -0.2) is 31.5 Å². The van der Waals surface area contributed by atoms with Crippen LogP contribution in [0.15, 0.2) is 0 Å². The largest absolute Gasteiger partial charge is 0.692 e. The van der Waals surface area contributed by atoms with Crippen molar-refractivity contribution in [2.24, 2.45) is 0 Å². The second kappa shape index (κ2) is 7.18. The van der Waals surface area contributed by atoms with Gasteiger partial charge >= 0.3 is 15.9 Å². The molecular formula is C2H9O6P2S+. The van der Waals surface area contributed by atoms with Gasteiger partial charge in [-0.3, -0.25) is 4.57 Å². The molecule has 0 aliphatic rings. The molecule has 0 saturated heterocycles. The van der Waals surface area contributed by atoms with Crippen LogP contribution in [-0.2, 0) is 9.13 Å². The molecule has 4 N–H and O–H groups in total. The maximum atomic E-state index is 9.88. The van der Waals surface area contributed by atoms with Gasteiger partial charge in [0.2, 0.25) is 0 Å². The first-order valence-electron chi connectivity index (χ1n) is 2.30. The van der Waals surface area contributed by atoms with Crippen molar-refractivity contribution in [1.29, 1.82) is 0 Å². The predicted molar refractivity (Wildman–Crippen MR) is 42.8 cm³/mol. The molecular weight excluding hydrogens is 214 g/mol. The molecule has 68 valence electrons. The molecule has 11 heavy (non-hydrogen) atoms. The van der Waals surface area contributed by atoms with E-state index in [0.717, 1.165) is 0 Å². The van der Waals surface area contributed by atoms with Crippen molar-refractivity contribution in [3.8, 4) is 0 Å². The number of hydrogen-bond donors (Lipinski definition) is 5. The third kappa shape index (κ3) is 37.4. The molecule has 9 heteroatoms. The summed E-state index contributed by atoms with van der Waals surface area (Å²) in [7, 11) is -6.61. The third-order valence-electron chi connectivity index (χ3n) is 0.391. The Morgan fingerprint density at radius 3 is 1.64 bits per heavy atom. The van der Waals surface area contributed by atoms with E-state index in [4.69, 9.17) is 24.1 Å². The van der Waals surface area contributed by atoms with Gasteiger partial charge in [-0.25, -0.2) is 0 Å². The quantitative estimate of drug-likeness (QED) is 0.325. The predicted octanol–water partition coefficient (Wildman–Crippen LogP) is -0.278. The summed E-state index contributed by atoms with van der Waals surface area (Å²) >= 11 is 3.62. The van der Waals surface area contributed by atoms with E-state index in [1.165, 1.54) is 0 Å². The summed E-state index contributed by atoms with van der Waals surface area (Å²) in [5, 5.41) is 0. The topological polar surface area (TPSA) is 115 Å². The first kappa shape index (κ1) is 14.1. The van der Waals surface area contributed by atoms with E-state index in [1.807, 2.05) is 0 Å². The third-order valence-corrected chi connectivity index (χ3v) is 1.77. The number of rotatable bonds is 2. The maximum absolute atomic E-state index is 9.88. The fourth-order valence-corrected chi connectivity index (χ4v) is 1.17. The van der Waals surface area contributed by atoms with Gasteiger partial charge in [0.1, 0.15) is 0 Å². The zero-order valence-electron chi connectivity index (χ0n) is 5.36. The highest BCUT2D eigenvalue weighted by atomic mass is 32.1. The summed E-state index contributed by atoms with van der Waals surface area (Å²) in [5.41, 5.74) is 0. The fraction of sp³-hybridized carbons (Fsp3) is 1.00. The van der Waals surface area contributed by atoms with Crippen molar-refractivity contribution in [2.45, 2.75) is 0 Å². The first-order valence-corrected chi connectivity index (χ1v) is 5.89. The van der Waals surface area contributed by atoms with Crippen LogP contribution in [0.25, 0.3) is 0 Å². The lowest BCUT2D eigenvalue weighted by molar-refractivity contribution is 0.375. The van der Waals surface area contributed by atoms with Crippen LogP contribution in [0.1, 0.15) is 0 Å². The summed E-state index contributed by atoms with van der Waals surface area (Å²) in [6.07, 6.45) is -0.129. The van der Waals surface area contributed by atoms with Crippen molar-refractivity contribution >= 4 is 28.5 Å². The lowest BCUT2D eigenvalue weighted by Gasteiger charge is -1.96. The average molecular weight is 223 g/mol. The van der Waals surface area contributed by atoms with Gasteiger partial charge in [-0.1, -0.05) is 0 Å². The van der Waals surface area contributed by atoms with E-state index < -0.39 is 15.9 Å². The van der Waals surface area contributed by atoms with Gasteiger partial charge in [0.15, 0.2) is 0 Å². The Balaban J connectivity index is 0. The first-order chi connectivity index (χ1) is 4.79. The van der Waals surface area contributed by atoms with E-state index in [0.29, 0.717) is 0 Å². The Bertz CT molecular complexity index is 149. The maximum Gasteiger partial charge on any atom is 0.692 e. The molecule has 0 spiro atoms. The van der Waals surface area contributed by atoms with Crippen LogP contribution in [0, 0.1) is 0 Å². The SMILES string of the molecule is O=P(O)(O)CCS.O=[P+](O)O. The summed E-state index contributed by atoms with van der Waals surface area (Å²) in [6.45, 7) is 0. The van der Waals surface area contributed by atoms with E-state index in [9.17, 15) is 4.57 Å². The molecule has 0 rings (SSSR count). The van der Waals surface area contributed by atoms with E-state index in [-0.39, 0.29) is 11.9 Å². The summed E-state index contributed by atoms with van der Waals surface area (Å²) in [5.74, 6) is 0.240. The summed E-state index contributed by atoms with van der Waals surface area (Å²) in [6, 6.07) is 0. The standard InChI is InChI=1S/C2H7O3PS.HO3P/c3-6(4,5)1-2-7;1-4(2)3/h7H,1-2H2,(H2,3,4,5);(H-,1,2,3)/p+1. The zero-order chi connectivity index (χ0) is 9.49. The zero-order valence-corrected chi connectivity index (χ0v) is 8.04. The van der Waals surface area contributed by atoms with Crippen LogP contribution in [0.5, 0.6) is 0 Å². The molecule has 0 amide bonds. The van der Waals surface area contributed by atoms with E-state index >= 15 is 0 Å².